The van der Waals surface area contributed by atoms with Crippen LogP contribution in [-0.4, -0.2) is 51.9 Å². The number of nitrogens with zero attached hydrogens (tertiary/aromatic N) is 3. The summed E-state index contributed by atoms with van der Waals surface area (Å²) in [4.78, 5) is 12.3. The van der Waals surface area contributed by atoms with Gasteiger partial charge in [-0.25, -0.2) is 8.42 Å². The molecule has 1 fully saturated rings. The molecule has 3 rings (SSSR count). The van der Waals surface area contributed by atoms with Crippen molar-refractivity contribution in [3.8, 4) is 11.4 Å². The van der Waals surface area contributed by atoms with E-state index in [9.17, 15) is 13.2 Å². The monoisotopic (exact) mass is 384 g/mol. The second kappa shape index (κ2) is 6.83. The van der Waals surface area contributed by atoms with Gasteiger partial charge in [-0.1, -0.05) is 11.8 Å². The molecule has 3 heterocycles. The van der Waals surface area contributed by atoms with E-state index in [1.807, 2.05) is 24.6 Å². The highest BCUT2D eigenvalue weighted by Gasteiger charge is 2.30. The molecule has 0 saturated carbocycles. The van der Waals surface area contributed by atoms with E-state index in [4.69, 9.17) is 4.42 Å². The molecule has 136 valence electrons. The fraction of sp³-hybridized carbons (Fsp3) is 0.533. The number of sulfone groups is 1. The van der Waals surface area contributed by atoms with E-state index in [0.29, 0.717) is 17.4 Å². The molecule has 0 aliphatic carbocycles. The topological polar surface area (TPSA) is 107 Å². The Morgan fingerprint density at radius 2 is 2.24 bits per heavy atom. The Hall–Kier alpha value is -1.81. The minimum atomic E-state index is -3.02. The molecule has 0 bridgehead atoms. The Labute approximate surface area is 150 Å². The molecular weight excluding hydrogens is 364 g/mol. The number of amides is 1. The van der Waals surface area contributed by atoms with Gasteiger partial charge in [0, 0.05) is 13.1 Å². The predicted molar refractivity (Wildman–Crippen MR) is 94.0 cm³/mol. The van der Waals surface area contributed by atoms with Crippen molar-refractivity contribution in [1.29, 1.82) is 0 Å². The largest absolute Gasteiger partial charge is 0.469 e. The molecule has 0 aromatic carbocycles. The lowest BCUT2D eigenvalue weighted by Crippen LogP contribution is -2.40. The molecule has 0 spiro atoms. The molecule has 1 N–H and O–H groups in total. The molecule has 2 aromatic heterocycles. The summed E-state index contributed by atoms with van der Waals surface area (Å²) in [5.41, 5.74) is 0.857. The van der Waals surface area contributed by atoms with Crippen molar-refractivity contribution in [2.75, 3.05) is 11.5 Å². The Morgan fingerprint density at radius 1 is 1.48 bits per heavy atom. The summed E-state index contributed by atoms with van der Waals surface area (Å²) in [6, 6.07) is 1.52. The summed E-state index contributed by atoms with van der Waals surface area (Å²) in [5.74, 6) is 1.37. The van der Waals surface area contributed by atoms with Gasteiger partial charge < -0.3 is 14.3 Å². The molecular formula is C15H20N4O4S2. The average molecular weight is 384 g/mol. The Kier molecular flexibility index (Phi) is 4.92. The van der Waals surface area contributed by atoms with Crippen LogP contribution in [0.15, 0.2) is 21.9 Å². The molecule has 0 radical (unpaired) electrons. The zero-order valence-corrected chi connectivity index (χ0v) is 15.9. The second-order valence-corrected chi connectivity index (χ2v) is 9.66. The molecule has 10 heteroatoms. The fourth-order valence-corrected chi connectivity index (χ4v) is 5.21. The molecule has 1 aliphatic heterocycles. The normalized spacial score (nSPS) is 20.5. The van der Waals surface area contributed by atoms with E-state index in [2.05, 4.69) is 15.5 Å². The first-order valence-electron chi connectivity index (χ1n) is 7.88. The van der Waals surface area contributed by atoms with E-state index >= 15 is 0 Å². The lowest BCUT2D eigenvalue weighted by Gasteiger charge is -2.15. The van der Waals surface area contributed by atoms with Gasteiger partial charge in [0.2, 0.25) is 5.91 Å². The molecule has 2 atom stereocenters. The van der Waals surface area contributed by atoms with Gasteiger partial charge in [0.25, 0.3) is 0 Å². The average Bonchev–Trinajstić information content (AvgIpc) is 3.20. The van der Waals surface area contributed by atoms with Crippen molar-refractivity contribution in [3.05, 3.63) is 18.1 Å². The van der Waals surface area contributed by atoms with Crippen molar-refractivity contribution in [3.63, 3.8) is 0 Å². The summed E-state index contributed by atoms with van der Waals surface area (Å²) < 4.78 is 30.1. The van der Waals surface area contributed by atoms with Crippen LogP contribution in [0.2, 0.25) is 0 Å². The predicted octanol–water partition coefficient (Wildman–Crippen LogP) is 1.17. The van der Waals surface area contributed by atoms with E-state index in [-0.39, 0.29) is 23.5 Å². The minimum Gasteiger partial charge on any atom is -0.469 e. The minimum absolute atomic E-state index is 0.0179. The van der Waals surface area contributed by atoms with Crippen molar-refractivity contribution < 1.29 is 17.6 Å². The maximum Gasteiger partial charge on any atom is 0.233 e. The number of aromatic nitrogens is 3. The number of carbonyl (C=O) groups is 1. The summed E-state index contributed by atoms with van der Waals surface area (Å²) in [6.45, 7) is 3.61. The number of furan rings is 1. The van der Waals surface area contributed by atoms with Crippen molar-refractivity contribution >= 4 is 27.5 Å². The first kappa shape index (κ1) is 18.0. The Bertz CT molecular complexity index is 887. The number of rotatable bonds is 5. The zero-order chi connectivity index (χ0) is 18.2. The van der Waals surface area contributed by atoms with E-state index in [1.165, 1.54) is 11.8 Å². The van der Waals surface area contributed by atoms with Gasteiger partial charge in [-0.3, -0.25) is 4.79 Å². The third-order valence-corrected chi connectivity index (χ3v) is 7.07. The Morgan fingerprint density at radius 3 is 2.84 bits per heavy atom. The van der Waals surface area contributed by atoms with E-state index < -0.39 is 15.1 Å². The quantitative estimate of drug-likeness (QED) is 0.771. The summed E-state index contributed by atoms with van der Waals surface area (Å²) in [7, 11) is -1.18. The molecule has 25 heavy (non-hydrogen) atoms. The molecule has 8 nitrogen and oxygen atoms in total. The maximum absolute atomic E-state index is 12.3. The van der Waals surface area contributed by atoms with Crippen LogP contribution < -0.4 is 5.32 Å². The van der Waals surface area contributed by atoms with E-state index in [1.54, 1.807) is 13.2 Å². The van der Waals surface area contributed by atoms with Gasteiger partial charge in [-0.05, 0) is 26.3 Å². The SMILES string of the molecule is Cc1occc1-c1nnc(S[C@H](C)C(=O)N[C@H]2CCS(=O)(=O)C2)n1C. The molecule has 1 aliphatic rings. The smallest absolute Gasteiger partial charge is 0.233 e. The highest BCUT2D eigenvalue weighted by atomic mass is 32.2. The van der Waals surface area contributed by atoms with Crippen molar-refractivity contribution in [1.82, 2.24) is 20.1 Å². The van der Waals surface area contributed by atoms with E-state index in [0.717, 1.165) is 11.3 Å². The van der Waals surface area contributed by atoms with Gasteiger partial charge >= 0.3 is 0 Å². The molecule has 2 aromatic rings. The van der Waals surface area contributed by atoms with Crippen molar-refractivity contribution in [2.24, 2.45) is 7.05 Å². The van der Waals surface area contributed by atoms with Crippen LogP contribution in [0.1, 0.15) is 19.1 Å². The van der Waals surface area contributed by atoms with Crippen molar-refractivity contribution in [2.45, 2.75) is 36.7 Å². The summed E-state index contributed by atoms with van der Waals surface area (Å²) >= 11 is 1.28. The van der Waals surface area contributed by atoms with Crippen LogP contribution in [0.4, 0.5) is 0 Å². The second-order valence-electron chi connectivity index (χ2n) is 6.12. The van der Waals surface area contributed by atoms with Gasteiger partial charge in [-0.15, -0.1) is 10.2 Å². The standard InChI is InChI=1S/C15H20N4O4S2/c1-9-12(4-6-23-9)13-17-18-15(19(13)3)24-10(2)14(20)16-11-5-7-25(21,22)8-11/h4,6,10-11H,5,7-8H2,1-3H3,(H,16,20)/t10-,11+/m1/s1. The number of hydrogen-bond acceptors (Lipinski definition) is 7. The third kappa shape index (κ3) is 3.90. The summed E-state index contributed by atoms with van der Waals surface area (Å²) in [5, 5.41) is 11.3. The molecule has 1 amide bonds. The lowest BCUT2D eigenvalue weighted by atomic mass is 10.2. The first-order chi connectivity index (χ1) is 11.8. The third-order valence-electron chi connectivity index (χ3n) is 4.16. The maximum atomic E-state index is 12.3. The van der Waals surface area contributed by atoms with Crippen LogP contribution in [0.5, 0.6) is 0 Å². The lowest BCUT2D eigenvalue weighted by molar-refractivity contribution is -0.120. The molecule has 0 unspecified atom stereocenters. The highest BCUT2D eigenvalue weighted by molar-refractivity contribution is 8.00. The Balaban J connectivity index is 1.65. The van der Waals surface area contributed by atoms with Crippen LogP contribution in [0, 0.1) is 6.92 Å². The number of carbonyl (C=O) groups excluding carboxylic acids is 1. The number of thioether (sulfide) groups is 1. The van der Waals surface area contributed by atoms with Crippen LogP contribution in [0.3, 0.4) is 0 Å². The number of nitrogens with one attached hydrogen (secondary N) is 1. The number of aryl methyl sites for hydroxylation is 1. The van der Waals surface area contributed by atoms with Gasteiger partial charge in [0.05, 0.1) is 28.6 Å². The first-order valence-corrected chi connectivity index (χ1v) is 10.6. The summed E-state index contributed by atoms with van der Waals surface area (Å²) in [6.07, 6.45) is 2.07. The zero-order valence-electron chi connectivity index (χ0n) is 14.2. The van der Waals surface area contributed by atoms with Crippen LogP contribution >= 0.6 is 11.8 Å². The van der Waals surface area contributed by atoms with Gasteiger partial charge in [0.1, 0.15) is 5.76 Å². The van der Waals surface area contributed by atoms with Gasteiger partial charge in [-0.2, -0.15) is 0 Å². The van der Waals surface area contributed by atoms with Crippen LogP contribution in [-0.2, 0) is 21.7 Å². The van der Waals surface area contributed by atoms with Crippen LogP contribution in [0.25, 0.3) is 11.4 Å². The number of hydrogen-bond donors (Lipinski definition) is 1. The highest BCUT2D eigenvalue weighted by Crippen LogP contribution is 2.28. The van der Waals surface area contributed by atoms with Gasteiger partial charge in [0.15, 0.2) is 20.8 Å². The fourth-order valence-electron chi connectivity index (χ4n) is 2.71. The molecule has 1 saturated heterocycles.